The molecular weight excluding hydrogens is 559 g/mol. The van der Waals surface area contributed by atoms with Crippen molar-refractivity contribution in [1.29, 1.82) is 0 Å². The lowest BCUT2D eigenvalue weighted by Crippen LogP contribution is -2.33. The molecule has 7 N–H and O–H groups in total. The first kappa shape index (κ1) is 28.4. The Morgan fingerprint density at radius 2 is 1.74 bits per heavy atom. The van der Waals surface area contributed by atoms with Crippen molar-refractivity contribution in [1.82, 2.24) is 14.4 Å². The number of H-pyrrole nitrogens is 1. The maximum absolute atomic E-state index is 12.0. The van der Waals surface area contributed by atoms with Crippen molar-refractivity contribution < 1.29 is 61.4 Å². The molecule has 35 heavy (non-hydrogen) atoms. The number of fused-ring (bicyclic) bond motifs is 1. The summed E-state index contributed by atoms with van der Waals surface area (Å²) < 4.78 is 52.5. The van der Waals surface area contributed by atoms with E-state index >= 15 is 0 Å². The molecule has 2 aromatic heterocycles. The topological polar surface area (TPSA) is 260 Å². The largest absolute Gasteiger partial charge is 0.490 e. The zero-order valence-electron chi connectivity index (χ0n) is 17.7. The van der Waals surface area contributed by atoms with Gasteiger partial charge >= 0.3 is 23.5 Å². The van der Waals surface area contributed by atoms with Gasteiger partial charge in [-0.15, -0.1) is 0 Å². The van der Waals surface area contributed by atoms with Crippen LogP contribution in [0.15, 0.2) is 11.0 Å². The molecule has 1 aliphatic heterocycles. The van der Waals surface area contributed by atoms with Gasteiger partial charge in [0, 0.05) is 23.0 Å². The third-order valence-corrected chi connectivity index (χ3v) is 9.04. The normalized spacial score (nSPS) is 26.5. The summed E-state index contributed by atoms with van der Waals surface area (Å²) in [5.41, 5.74) is 0.634. The van der Waals surface area contributed by atoms with Crippen LogP contribution in [-0.4, -0.2) is 69.1 Å². The first-order valence-corrected chi connectivity index (χ1v) is 14.3. The minimum Gasteiger partial charge on any atom is -0.387 e. The van der Waals surface area contributed by atoms with E-state index < -0.39 is 54.5 Å². The lowest BCUT2D eigenvalue weighted by molar-refractivity contribution is -0.0225. The summed E-state index contributed by atoms with van der Waals surface area (Å²) in [6, 6.07) is 0. The summed E-state index contributed by atoms with van der Waals surface area (Å²) in [6.45, 7) is 2.23. The fraction of sp³-hybridized carbons (Fsp3) is 0.500. The lowest BCUT2D eigenvalue weighted by atomic mass is 10.0. The second-order valence-electron chi connectivity index (χ2n) is 7.32. The van der Waals surface area contributed by atoms with E-state index in [9.17, 15) is 38.5 Å². The van der Waals surface area contributed by atoms with Gasteiger partial charge in [-0.3, -0.25) is 18.7 Å². The Morgan fingerprint density at radius 3 is 2.34 bits per heavy atom. The maximum Gasteiger partial charge on any atom is 0.490 e. The summed E-state index contributed by atoms with van der Waals surface area (Å²) in [4.78, 5) is 54.4. The molecular formula is C14H20N3O14P3S. The number of aromatic amines is 1. The van der Waals surface area contributed by atoms with Gasteiger partial charge in [0.1, 0.15) is 29.1 Å². The van der Waals surface area contributed by atoms with E-state index in [1.54, 1.807) is 13.8 Å². The average Bonchev–Trinajstić information content (AvgIpc) is 2.96. The second kappa shape index (κ2) is 9.93. The number of phosphoric ester groups is 1. The zero-order valence-corrected chi connectivity index (χ0v) is 21.2. The van der Waals surface area contributed by atoms with Crippen LogP contribution in [0.1, 0.15) is 22.9 Å². The molecule has 0 spiro atoms. The number of ether oxygens (including phenoxy) is 1. The number of nitrogens with one attached hydrogen (secondary N) is 1. The van der Waals surface area contributed by atoms with Crippen LogP contribution in [0.3, 0.4) is 0 Å². The van der Waals surface area contributed by atoms with Crippen LogP contribution in [0.4, 0.5) is 0 Å². The van der Waals surface area contributed by atoms with Crippen LogP contribution in [0.2, 0.25) is 0 Å². The van der Waals surface area contributed by atoms with Crippen molar-refractivity contribution in [2.45, 2.75) is 38.3 Å². The molecule has 0 saturated carbocycles. The van der Waals surface area contributed by atoms with Gasteiger partial charge in [-0.05, 0) is 13.8 Å². The van der Waals surface area contributed by atoms with Crippen LogP contribution in [0.5, 0.6) is 0 Å². The van der Waals surface area contributed by atoms with Gasteiger partial charge in [0.2, 0.25) is 5.78 Å². The average molecular weight is 579 g/mol. The van der Waals surface area contributed by atoms with Crippen molar-refractivity contribution in [3.8, 4) is 0 Å². The number of aliphatic hydroxyl groups is 2. The van der Waals surface area contributed by atoms with E-state index in [-0.39, 0.29) is 21.5 Å². The fourth-order valence-corrected chi connectivity index (χ4v) is 6.45. The molecule has 6 atom stereocenters. The van der Waals surface area contributed by atoms with Gasteiger partial charge in [-0.2, -0.15) is 8.62 Å². The van der Waals surface area contributed by atoms with E-state index in [1.807, 2.05) is 0 Å². The van der Waals surface area contributed by atoms with Gasteiger partial charge in [0.05, 0.1) is 6.61 Å². The third kappa shape index (κ3) is 6.57. The predicted octanol–water partition coefficient (Wildman–Crippen LogP) is -0.126. The van der Waals surface area contributed by atoms with E-state index in [2.05, 4.69) is 23.1 Å². The number of aryl methyl sites for hydroxylation is 1. The van der Waals surface area contributed by atoms with Crippen LogP contribution < -0.4 is 5.56 Å². The third-order valence-electron chi connectivity index (χ3n) is 4.91. The highest BCUT2D eigenvalue weighted by Crippen LogP contribution is 2.66. The number of hydrogen-bond acceptors (Lipinski definition) is 12. The Hall–Kier alpha value is -1.20. The lowest BCUT2D eigenvalue weighted by Gasteiger charge is -2.19. The SMILES string of the molecule is Cc1c(C)n2cc([C@@H]3O[C@H](COP(=O)(O)OP(=O)(O)OP(=O)(O)O)C(O)[C@@H]3O)c(=S)nc2[nH]c1=O. The molecule has 0 radical (unpaired) electrons. The molecule has 196 valence electrons. The summed E-state index contributed by atoms with van der Waals surface area (Å²) in [7, 11) is -16.8. The van der Waals surface area contributed by atoms with Gasteiger partial charge in [-0.1, -0.05) is 12.2 Å². The molecule has 3 rings (SSSR count). The monoisotopic (exact) mass is 579 g/mol. The first-order chi connectivity index (χ1) is 15.9. The Bertz CT molecular complexity index is 1400. The fourth-order valence-electron chi connectivity index (χ4n) is 3.16. The summed E-state index contributed by atoms with van der Waals surface area (Å²) in [5, 5.41) is 20.8. The standard InChI is InChI=1S/C14H20N3O14P3S/c1-5-6(2)17-3-7(13(35)16-14(17)15-12(5)20)11-10(19)9(18)8(29-11)4-28-33(24,25)31-34(26,27)30-32(21,22)23/h3,8-11,18-19H,4H2,1-2H3,(H,24,25)(H,26,27)(H2,21,22,23)(H,15,16,20,35)/t8-,9?,10+,11+/m1/s1. The molecule has 0 aromatic carbocycles. The molecule has 21 heteroatoms. The molecule has 0 amide bonds. The number of nitrogens with zero attached hydrogens (tertiary/aromatic N) is 2. The highest BCUT2D eigenvalue weighted by Gasteiger charge is 2.46. The Kier molecular flexibility index (Phi) is 8.05. The number of rotatable bonds is 8. The minimum atomic E-state index is -5.73. The molecule has 3 heterocycles. The van der Waals surface area contributed by atoms with Crippen LogP contribution in [-0.2, 0) is 31.6 Å². The van der Waals surface area contributed by atoms with Crippen molar-refractivity contribution in [2.24, 2.45) is 0 Å². The maximum atomic E-state index is 12.0. The Labute approximate surface area is 200 Å². The quantitative estimate of drug-likeness (QED) is 0.159. The molecule has 1 aliphatic rings. The summed E-state index contributed by atoms with van der Waals surface area (Å²) in [5.74, 6) is 0.115. The van der Waals surface area contributed by atoms with Crippen LogP contribution in [0.25, 0.3) is 5.78 Å². The van der Waals surface area contributed by atoms with Crippen molar-refractivity contribution in [3.05, 3.63) is 38.0 Å². The number of aliphatic hydroxyl groups excluding tert-OH is 2. The van der Waals surface area contributed by atoms with E-state index in [4.69, 9.17) is 26.7 Å². The summed E-state index contributed by atoms with van der Waals surface area (Å²) >= 11 is 5.20. The van der Waals surface area contributed by atoms with Gasteiger partial charge < -0.3 is 34.5 Å². The molecule has 2 aromatic rings. The first-order valence-electron chi connectivity index (χ1n) is 9.33. The molecule has 1 fully saturated rings. The van der Waals surface area contributed by atoms with Crippen molar-refractivity contribution in [3.63, 3.8) is 0 Å². The zero-order chi connectivity index (χ0) is 26.5. The van der Waals surface area contributed by atoms with Crippen molar-refractivity contribution >= 4 is 41.5 Å². The van der Waals surface area contributed by atoms with Gasteiger partial charge in [0.25, 0.3) is 5.56 Å². The molecule has 3 unspecified atom stereocenters. The second-order valence-corrected chi connectivity index (χ2v) is 12.1. The van der Waals surface area contributed by atoms with Crippen LogP contribution >= 0.6 is 35.7 Å². The Balaban J connectivity index is 1.80. The van der Waals surface area contributed by atoms with Crippen LogP contribution in [0, 0.1) is 18.5 Å². The van der Waals surface area contributed by atoms with Gasteiger partial charge in [0.15, 0.2) is 0 Å². The minimum absolute atomic E-state index is 0.0892. The van der Waals surface area contributed by atoms with E-state index in [0.717, 1.165) is 0 Å². The molecule has 0 aliphatic carbocycles. The molecule has 17 nitrogen and oxygen atoms in total. The Morgan fingerprint density at radius 1 is 1.11 bits per heavy atom. The smallest absolute Gasteiger partial charge is 0.387 e. The van der Waals surface area contributed by atoms with Crippen molar-refractivity contribution in [2.75, 3.05) is 6.61 Å². The molecule has 0 bridgehead atoms. The summed E-state index contributed by atoms with van der Waals surface area (Å²) in [6.07, 6.45) is -4.71. The van der Waals surface area contributed by atoms with Gasteiger partial charge in [-0.25, -0.2) is 18.7 Å². The number of phosphoric acid groups is 3. The number of aromatic nitrogens is 3. The number of hydrogen-bond donors (Lipinski definition) is 7. The van der Waals surface area contributed by atoms with E-state index in [1.165, 1.54) is 10.6 Å². The predicted molar refractivity (Wildman–Crippen MR) is 116 cm³/mol. The highest BCUT2D eigenvalue weighted by atomic mass is 32.1. The molecule has 1 saturated heterocycles. The van der Waals surface area contributed by atoms with E-state index in [0.29, 0.717) is 11.3 Å². The highest BCUT2D eigenvalue weighted by molar-refractivity contribution is 7.71.